The molecule has 0 aliphatic rings. The minimum Gasteiger partial charge on any atom is -0.507 e. The van der Waals surface area contributed by atoms with Gasteiger partial charge < -0.3 is 20.3 Å². The molecule has 1 aromatic carbocycles. The van der Waals surface area contributed by atoms with E-state index in [9.17, 15) is 14.7 Å². The monoisotopic (exact) mass is 365 g/mol. The van der Waals surface area contributed by atoms with Gasteiger partial charge in [0, 0.05) is 30.8 Å². The van der Waals surface area contributed by atoms with E-state index in [1.165, 1.54) is 12.1 Å². The van der Waals surface area contributed by atoms with Gasteiger partial charge in [-0.25, -0.2) is 0 Å². The molecule has 0 aliphatic carbocycles. The van der Waals surface area contributed by atoms with Crippen molar-refractivity contribution in [3.63, 3.8) is 0 Å². The Morgan fingerprint density at radius 2 is 1.86 bits per heavy atom. The molecule has 0 bridgehead atoms. The van der Waals surface area contributed by atoms with Crippen molar-refractivity contribution in [2.45, 2.75) is 0 Å². The van der Waals surface area contributed by atoms with Crippen molar-refractivity contribution in [3.05, 3.63) is 52.3 Å². The number of phenols is 1. The second-order valence-corrected chi connectivity index (χ2v) is 5.59. The quantitative estimate of drug-likeness (QED) is 0.704. The summed E-state index contributed by atoms with van der Waals surface area (Å²) in [6, 6.07) is 8.12. The van der Waals surface area contributed by atoms with Crippen LogP contribution in [0.25, 0.3) is 0 Å². The molecule has 0 unspecified atom stereocenters. The SMILES string of the molecule is Cn1cccc1C(=O)NCCNC(=O)c1cc(Br)ccc1O. The Labute approximate surface area is 136 Å². The van der Waals surface area contributed by atoms with Crippen molar-refractivity contribution in [3.8, 4) is 5.75 Å². The van der Waals surface area contributed by atoms with Crippen molar-refractivity contribution in [2.75, 3.05) is 13.1 Å². The molecule has 2 amide bonds. The second-order valence-electron chi connectivity index (χ2n) is 4.68. The van der Waals surface area contributed by atoms with Gasteiger partial charge in [0.1, 0.15) is 11.4 Å². The highest BCUT2D eigenvalue weighted by Crippen LogP contribution is 2.21. The van der Waals surface area contributed by atoms with Crippen LogP contribution in [0.5, 0.6) is 5.75 Å². The van der Waals surface area contributed by atoms with Gasteiger partial charge in [-0.3, -0.25) is 9.59 Å². The number of halogens is 1. The first-order valence-electron chi connectivity index (χ1n) is 6.65. The standard InChI is InChI=1S/C15H16BrN3O3/c1-19-8-2-3-12(19)15(22)18-7-6-17-14(21)11-9-10(16)4-5-13(11)20/h2-5,8-9,20H,6-7H2,1H3,(H,17,21)(H,18,22). The maximum Gasteiger partial charge on any atom is 0.267 e. The number of benzene rings is 1. The van der Waals surface area contributed by atoms with Gasteiger partial charge in [-0.15, -0.1) is 0 Å². The Morgan fingerprint density at radius 1 is 1.18 bits per heavy atom. The van der Waals surface area contributed by atoms with Gasteiger partial charge in [0.2, 0.25) is 0 Å². The van der Waals surface area contributed by atoms with Crippen LogP contribution in [0.15, 0.2) is 41.0 Å². The van der Waals surface area contributed by atoms with Crippen LogP contribution in [-0.2, 0) is 7.05 Å². The molecule has 0 atom stereocenters. The molecule has 0 spiro atoms. The number of hydrogen-bond acceptors (Lipinski definition) is 3. The predicted octanol–water partition coefficient (Wildman–Crippen LogP) is 1.65. The molecular weight excluding hydrogens is 350 g/mol. The van der Waals surface area contributed by atoms with E-state index in [1.54, 1.807) is 36.0 Å². The maximum absolute atomic E-state index is 11.9. The van der Waals surface area contributed by atoms with Crippen LogP contribution in [0, 0.1) is 0 Å². The summed E-state index contributed by atoms with van der Waals surface area (Å²) in [5.41, 5.74) is 0.735. The molecular formula is C15H16BrN3O3. The summed E-state index contributed by atoms with van der Waals surface area (Å²) in [4.78, 5) is 23.8. The van der Waals surface area contributed by atoms with E-state index < -0.39 is 5.91 Å². The molecule has 6 nitrogen and oxygen atoms in total. The molecule has 0 saturated heterocycles. The Kier molecular flexibility index (Phi) is 5.21. The molecule has 2 aromatic rings. The van der Waals surface area contributed by atoms with Gasteiger partial charge in [-0.2, -0.15) is 0 Å². The number of rotatable bonds is 5. The molecule has 22 heavy (non-hydrogen) atoms. The van der Waals surface area contributed by atoms with Crippen LogP contribution >= 0.6 is 15.9 Å². The van der Waals surface area contributed by atoms with Crippen molar-refractivity contribution in [1.82, 2.24) is 15.2 Å². The lowest BCUT2D eigenvalue weighted by atomic mass is 10.2. The highest BCUT2D eigenvalue weighted by molar-refractivity contribution is 9.10. The van der Waals surface area contributed by atoms with Gasteiger partial charge in [0.05, 0.1) is 5.56 Å². The van der Waals surface area contributed by atoms with Crippen molar-refractivity contribution in [2.24, 2.45) is 7.05 Å². The number of phenolic OH excluding ortho intramolecular Hbond substituents is 1. The first-order valence-corrected chi connectivity index (χ1v) is 7.44. The highest BCUT2D eigenvalue weighted by Gasteiger charge is 2.12. The van der Waals surface area contributed by atoms with Gasteiger partial charge in [-0.05, 0) is 30.3 Å². The lowest BCUT2D eigenvalue weighted by molar-refractivity contribution is 0.0922. The fraction of sp³-hybridized carbons (Fsp3) is 0.200. The first-order chi connectivity index (χ1) is 10.5. The minimum atomic E-state index is -0.396. The molecule has 0 fully saturated rings. The fourth-order valence-corrected chi connectivity index (χ4v) is 2.29. The topological polar surface area (TPSA) is 83.4 Å². The van der Waals surface area contributed by atoms with E-state index in [-0.39, 0.29) is 23.8 Å². The number of amides is 2. The zero-order valence-electron chi connectivity index (χ0n) is 12.0. The van der Waals surface area contributed by atoms with Gasteiger partial charge in [-0.1, -0.05) is 15.9 Å². The smallest absolute Gasteiger partial charge is 0.267 e. The third-order valence-corrected chi connectivity index (χ3v) is 3.57. The third-order valence-electron chi connectivity index (χ3n) is 3.08. The number of aryl methyl sites for hydroxylation is 1. The fourth-order valence-electron chi connectivity index (χ4n) is 1.92. The van der Waals surface area contributed by atoms with Crippen molar-refractivity contribution in [1.29, 1.82) is 0 Å². The molecule has 7 heteroatoms. The average molecular weight is 366 g/mol. The summed E-state index contributed by atoms with van der Waals surface area (Å²) in [7, 11) is 1.78. The first kappa shape index (κ1) is 16.1. The van der Waals surface area contributed by atoms with Crippen LogP contribution in [-0.4, -0.2) is 34.6 Å². The molecule has 0 aliphatic heterocycles. The van der Waals surface area contributed by atoms with E-state index in [0.717, 1.165) is 0 Å². The Morgan fingerprint density at radius 3 is 2.50 bits per heavy atom. The predicted molar refractivity (Wildman–Crippen MR) is 85.9 cm³/mol. The summed E-state index contributed by atoms with van der Waals surface area (Å²) in [6.45, 7) is 0.561. The van der Waals surface area contributed by atoms with E-state index in [0.29, 0.717) is 16.7 Å². The molecule has 0 saturated carbocycles. The maximum atomic E-state index is 11.9. The van der Waals surface area contributed by atoms with Crippen molar-refractivity contribution >= 4 is 27.7 Å². The summed E-state index contributed by atoms with van der Waals surface area (Å²) in [5, 5.41) is 15.0. The zero-order chi connectivity index (χ0) is 16.1. The molecule has 2 rings (SSSR count). The van der Waals surface area contributed by atoms with Crippen molar-refractivity contribution < 1.29 is 14.7 Å². The Balaban J connectivity index is 1.81. The highest BCUT2D eigenvalue weighted by atomic mass is 79.9. The van der Waals surface area contributed by atoms with Crippen LogP contribution < -0.4 is 10.6 Å². The minimum absolute atomic E-state index is 0.0893. The van der Waals surface area contributed by atoms with Crippen LogP contribution in [0.2, 0.25) is 0 Å². The lowest BCUT2D eigenvalue weighted by Gasteiger charge is -2.09. The molecule has 3 N–H and O–H groups in total. The average Bonchev–Trinajstić information content (AvgIpc) is 2.92. The number of carbonyl (C=O) groups is 2. The molecule has 1 aromatic heterocycles. The number of aromatic nitrogens is 1. The molecule has 1 heterocycles. The number of hydrogen-bond donors (Lipinski definition) is 3. The normalized spacial score (nSPS) is 10.3. The van der Waals surface area contributed by atoms with E-state index in [1.807, 2.05) is 0 Å². The molecule has 116 valence electrons. The summed E-state index contributed by atoms with van der Waals surface area (Å²) < 4.78 is 2.42. The number of nitrogens with zero attached hydrogens (tertiary/aromatic N) is 1. The summed E-state index contributed by atoms with van der Waals surface area (Å²) >= 11 is 3.24. The number of aromatic hydroxyl groups is 1. The summed E-state index contributed by atoms with van der Waals surface area (Å²) in [5.74, 6) is -0.687. The molecule has 0 radical (unpaired) electrons. The number of nitrogens with one attached hydrogen (secondary N) is 2. The largest absolute Gasteiger partial charge is 0.507 e. The third kappa shape index (κ3) is 3.88. The Hall–Kier alpha value is -2.28. The second kappa shape index (κ2) is 7.13. The zero-order valence-corrected chi connectivity index (χ0v) is 13.6. The van der Waals surface area contributed by atoms with Gasteiger partial charge in [0.25, 0.3) is 11.8 Å². The number of carbonyl (C=O) groups excluding carboxylic acids is 2. The van der Waals surface area contributed by atoms with Gasteiger partial charge >= 0.3 is 0 Å². The van der Waals surface area contributed by atoms with Crippen LogP contribution in [0.1, 0.15) is 20.8 Å². The van der Waals surface area contributed by atoms with Crippen LogP contribution in [0.3, 0.4) is 0 Å². The Bertz CT molecular complexity index is 697. The van der Waals surface area contributed by atoms with Crippen LogP contribution in [0.4, 0.5) is 0 Å². The summed E-state index contributed by atoms with van der Waals surface area (Å²) in [6.07, 6.45) is 1.78. The van der Waals surface area contributed by atoms with E-state index in [4.69, 9.17) is 0 Å². The van der Waals surface area contributed by atoms with E-state index >= 15 is 0 Å². The van der Waals surface area contributed by atoms with Gasteiger partial charge in [0.15, 0.2) is 0 Å². The lowest BCUT2D eigenvalue weighted by Crippen LogP contribution is -2.35. The van der Waals surface area contributed by atoms with E-state index in [2.05, 4.69) is 26.6 Å².